The average Bonchev–Trinajstić information content (AvgIpc) is 2.49. The average molecular weight is 292 g/mol. The monoisotopic (exact) mass is 292 g/mol. The molecule has 3 N–H and O–H groups in total. The number of nitrogens with two attached hydrogens (primary N) is 1. The Bertz CT molecular complexity index is 501. The quantitative estimate of drug-likeness (QED) is 0.841. The Morgan fingerprint density at radius 3 is 2.71 bits per heavy atom. The number of primary amides is 1. The van der Waals surface area contributed by atoms with E-state index in [-0.39, 0.29) is 18.1 Å². The van der Waals surface area contributed by atoms with Gasteiger partial charge in [-0.2, -0.15) is 0 Å². The molecule has 0 aromatic heterocycles. The van der Waals surface area contributed by atoms with Gasteiger partial charge in [-0.05, 0) is 30.7 Å². The molecule has 0 spiro atoms. The number of ether oxygens (including phenoxy) is 2. The van der Waals surface area contributed by atoms with Gasteiger partial charge in [-0.3, -0.25) is 9.59 Å². The Balaban J connectivity index is 2.01. The molecule has 1 saturated heterocycles. The lowest BCUT2D eigenvalue weighted by Crippen LogP contribution is -2.51. The molecular weight excluding hydrogens is 272 g/mol. The summed E-state index contributed by atoms with van der Waals surface area (Å²) >= 11 is 0. The van der Waals surface area contributed by atoms with Gasteiger partial charge in [0.2, 0.25) is 11.8 Å². The van der Waals surface area contributed by atoms with Crippen molar-refractivity contribution in [3.63, 3.8) is 0 Å². The summed E-state index contributed by atoms with van der Waals surface area (Å²) in [6, 6.07) is 6.53. The standard InChI is InChI=1S/C15H20N2O4/c1-2-14(18)17-12-7-8-20-9-13(12)21-11-5-3-10(4-6-11)15(16)19/h3-6,12-13H,2,7-9H2,1H3,(H2,16,19)(H,17,18)/t12-,13-/m1/s1. The van der Waals surface area contributed by atoms with Crippen LogP contribution in [0.1, 0.15) is 30.1 Å². The number of rotatable bonds is 5. The topological polar surface area (TPSA) is 90.7 Å². The lowest BCUT2D eigenvalue weighted by atomic mass is 10.1. The molecular formula is C15H20N2O4. The summed E-state index contributed by atoms with van der Waals surface area (Å²) in [5.74, 6) is 0.140. The van der Waals surface area contributed by atoms with Crippen molar-refractivity contribution in [2.45, 2.75) is 31.9 Å². The number of hydrogen-bond donors (Lipinski definition) is 2. The van der Waals surface area contributed by atoms with E-state index in [2.05, 4.69) is 5.32 Å². The number of carbonyl (C=O) groups is 2. The molecule has 1 aromatic carbocycles. The highest BCUT2D eigenvalue weighted by Gasteiger charge is 2.28. The van der Waals surface area contributed by atoms with Crippen LogP contribution in [0.25, 0.3) is 0 Å². The minimum Gasteiger partial charge on any atom is -0.486 e. The van der Waals surface area contributed by atoms with Gasteiger partial charge in [-0.25, -0.2) is 0 Å². The molecule has 0 aliphatic carbocycles. The van der Waals surface area contributed by atoms with Gasteiger partial charge in [0.05, 0.1) is 12.6 Å². The van der Waals surface area contributed by atoms with Crippen molar-refractivity contribution >= 4 is 11.8 Å². The molecule has 1 heterocycles. The van der Waals surface area contributed by atoms with Crippen molar-refractivity contribution in [3.8, 4) is 5.75 Å². The summed E-state index contributed by atoms with van der Waals surface area (Å²) in [6.45, 7) is 2.84. The predicted molar refractivity (Wildman–Crippen MR) is 77.0 cm³/mol. The Kier molecular flexibility index (Phi) is 5.16. The molecule has 1 aliphatic rings. The smallest absolute Gasteiger partial charge is 0.248 e. The van der Waals surface area contributed by atoms with Gasteiger partial charge < -0.3 is 20.5 Å². The van der Waals surface area contributed by atoms with Gasteiger partial charge in [0.25, 0.3) is 0 Å². The molecule has 2 rings (SSSR count). The predicted octanol–water partition coefficient (Wildman–Crippen LogP) is 0.848. The molecule has 114 valence electrons. The van der Waals surface area contributed by atoms with Gasteiger partial charge >= 0.3 is 0 Å². The Morgan fingerprint density at radius 1 is 1.38 bits per heavy atom. The number of carbonyl (C=O) groups excluding carboxylic acids is 2. The first-order chi connectivity index (χ1) is 10.1. The second-order valence-corrected chi connectivity index (χ2v) is 4.94. The second kappa shape index (κ2) is 7.08. The van der Waals surface area contributed by atoms with Crippen LogP contribution < -0.4 is 15.8 Å². The summed E-state index contributed by atoms with van der Waals surface area (Å²) in [4.78, 5) is 22.6. The highest BCUT2D eigenvalue weighted by atomic mass is 16.5. The molecule has 2 atom stereocenters. The molecule has 0 saturated carbocycles. The fourth-order valence-electron chi connectivity index (χ4n) is 2.17. The SMILES string of the molecule is CCC(=O)N[C@@H]1CCOC[C@H]1Oc1ccc(C(N)=O)cc1. The largest absolute Gasteiger partial charge is 0.486 e. The first-order valence-electron chi connectivity index (χ1n) is 7.03. The molecule has 0 radical (unpaired) electrons. The molecule has 1 aliphatic heterocycles. The fourth-order valence-corrected chi connectivity index (χ4v) is 2.17. The number of benzene rings is 1. The normalized spacial score (nSPS) is 21.6. The summed E-state index contributed by atoms with van der Waals surface area (Å²) in [5, 5.41) is 2.95. The third-order valence-electron chi connectivity index (χ3n) is 3.40. The number of nitrogens with one attached hydrogen (secondary N) is 1. The van der Waals surface area contributed by atoms with Crippen LogP contribution in [-0.2, 0) is 9.53 Å². The highest BCUT2D eigenvalue weighted by Crippen LogP contribution is 2.18. The van der Waals surface area contributed by atoms with Crippen molar-refractivity contribution < 1.29 is 19.1 Å². The third kappa shape index (κ3) is 4.19. The molecule has 0 bridgehead atoms. The van der Waals surface area contributed by atoms with E-state index in [1.54, 1.807) is 24.3 Å². The Morgan fingerprint density at radius 2 is 2.10 bits per heavy atom. The zero-order valence-corrected chi connectivity index (χ0v) is 12.0. The maximum atomic E-state index is 11.5. The molecule has 6 nitrogen and oxygen atoms in total. The molecule has 21 heavy (non-hydrogen) atoms. The van der Waals surface area contributed by atoms with Crippen LogP contribution in [0.4, 0.5) is 0 Å². The molecule has 0 unspecified atom stereocenters. The first kappa shape index (κ1) is 15.3. The van der Waals surface area contributed by atoms with E-state index in [0.29, 0.717) is 30.9 Å². The van der Waals surface area contributed by atoms with E-state index in [4.69, 9.17) is 15.2 Å². The van der Waals surface area contributed by atoms with Crippen LogP contribution >= 0.6 is 0 Å². The molecule has 1 fully saturated rings. The second-order valence-electron chi connectivity index (χ2n) is 4.94. The van der Waals surface area contributed by atoms with E-state index in [1.807, 2.05) is 6.92 Å². The zero-order valence-electron chi connectivity index (χ0n) is 12.0. The summed E-state index contributed by atoms with van der Waals surface area (Å²) < 4.78 is 11.3. The highest BCUT2D eigenvalue weighted by molar-refractivity contribution is 5.92. The van der Waals surface area contributed by atoms with Crippen LogP contribution in [0.3, 0.4) is 0 Å². The van der Waals surface area contributed by atoms with E-state index in [9.17, 15) is 9.59 Å². The van der Waals surface area contributed by atoms with Crippen molar-refractivity contribution in [2.75, 3.05) is 13.2 Å². The van der Waals surface area contributed by atoms with E-state index in [1.165, 1.54) is 0 Å². The van der Waals surface area contributed by atoms with Crippen molar-refractivity contribution in [3.05, 3.63) is 29.8 Å². The van der Waals surface area contributed by atoms with Crippen LogP contribution in [0.5, 0.6) is 5.75 Å². The van der Waals surface area contributed by atoms with E-state index >= 15 is 0 Å². The van der Waals surface area contributed by atoms with Crippen molar-refractivity contribution in [1.29, 1.82) is 0 Å². The zero-order chi connectivity index (χ0) is 15.2. The third-order valence-corrected chi connectivity index (χ3v) is 3.40. The lowest BCUT2D eigenvalue weighted by Gasteiger charge is -2.32. The first-order valence-corrected chi connectivity index (χ1v) is 7.03. The minimum absolute atomic E-state index is 0.000392. The van der Waals surface area contributed by atoms with Gasteiger partial charge in [0.1, 0.15) is 11.9 Å². The van der Waals surface area contributed by atoms with Crippen LogP contribution in [-0.4, -0.2) is 37.2 Å². The van der Waals surface area contributed by atoms with Crippen LogP contribution in [0.2, 0.25) is 0 Å². The van der Waals surface area contributed by atoms with E-state index in [0.717, 1.165) is 6.42 Å². The maximum absolute atomic E-state index is 11.5. The molecule has 1 aromatic rings. The molecule has 6 heteroatoms. The number of hydrogen-bond acceptors (Lipinski definition) is 4. The Labute approximate surface area is 123 Å². The number of amides is 2. The Hall–Kier alpha value is -2.08. The minimum atomic E-state index is -0.476. The van der Waals surface area contributed by atoms with Gasteiger partial charge in [-0.1, -0.05) is 6.92 Å². The lowest BCUT2D eigenvalue weighted by molar-refractivity contribution is -0.123. The van der Waals surface area contributed by atoms with Crippen molar-refractivity contribution in [2.24, 2.45) is 5.73 Å². The van der Waals surface area contributed by atoms with Gasteiger partial charge in [-0.15, -0.1) is 0 Å². The van der Waals surface area contributed by atoms with Gasteiger partial charge in [0.15, 0.2) is 0 Å². The van der Waals surface area contributed by atoms with E-state index < -0.39 is 5.91 Å². The summed E-state index contributed by atoms with van der Waals surface area (Å²) in [6.07, 6.45) is 0.918. The summed E-state index contributed by atoms with van der Waals surface area (Å²) in [5.41, 5.74) is 5.62. The van der Waals surface area contributed by atoms with Crippen LogP contribution in [0.15, 0.2) is 24.3 Å². The fraction of sp³-hybridized carbons (Fsp3) is 0.467. The van der Waals surface area contributed by atoms with Gasteiger partial charge in [0, 0.05) is 18.6 Å². The summed E-state index contributed by atoms with van der Waals surface area (Å²) in [7, 11) is 0. The maximum Gasteiger partial charge on any atom is 0.248 e. The van der Waals surface area contributed by atoms with Crippen LogP contribution in [0, 0.1) is 0 Å². The molecule has 2 amide bonds. The van der Waals surface area contributed by atoms with Crippen molar-refractivity contribution in [1.82, 2.24) is 5.32 Å².